The van der Waals surface area contributed by atoms with Crippen molar-refractivity contribution in [1.29, 1.82) is 0 Å². The second kappa shape index (κ2) is 13.3. The van der Waals surface area contributed by atoms with Crippen LogP contribution in [-0.2, 0) is 0 Å². The van der Waals surface area contributed by atoms with Gasteiger partial charge < -0.3 is 5.32 Å². The molecule has 0 fully saturated rings. The van der Waals surface area contributed by atoms with Gasteiger partial charge >= 0.3 is 0 Å². The van der Waals surface area contributed by atoms with Crippen LogP contribution in [0.3, 0.4) is 0 Å². The van der Waals surface area contributed by atoms with Gasteiger partial charge in [0.15, 0.2) is 0 Å². The molecule has 1 nitrogen and oxygen atoms in total. The first kappa shape index (κ1) is 17.8. The van der Waals surface area contributed by atoms with Gasteiger partial charge in [-0.3, -0.25) is 0 Å². The third-order valence-corrected chi connectivity index (χ3v) is 8.92. The van der Waals surface area contributed by atoms with E-state index in [0.717, 1.165) is 0 Å². The Morgan fingerprint density at radius 2 is 1.00 bits per heavy atom. The van der Waals surface area contributed by atoms with Gasteiger partial charge in [0.2, 0.25) is 0 Å². The minimum atomic E-state index is 0.367. The first-order chi connectivity index (χ1) is 8.28. The van der Waals surface area contributed by atoms with E-state index >= 15 is 0 Å². The fourth-order valence-corrected chi connectivity index (χ4v) is 5.43. The van der Waals surface area contributed by atoms with E-state index in [-0.39, 0.29) is 0 Å². The molecule has 0 aromatic carbocycles. The Bertz CT molecular complexity index is 129. The lowest BCUT2D eigenvalue weighted by molar-refractivity contribution is 0.665. The Balaban J connectivity index is 3.23. The highest BCUT2D eigenvalue weighted by molar-refractivity contribution is 7.57. The van der Waals surface area contributed by atoms with Crippen molar-refractivity contribution in [3.63, 3.8) is 0 Å². The molecule has 0 aromatic rings. The molecule has 0 saturated heterocycles. The molecule has 17 heavy (non-hydrogen) atoms. The first-order valence-electron chi connectivity index (χ1n) is 7.43. The third-order valence-electron chi connectivity index (χ3n) is 3.44. The van der Waals surface area contributed by atoms with Crippen LogP contribution in [0.2, 0.25) is 0 Å². The highest BCUT2D eigenvalue weighted by Gasteiger charge is 2.02. The lowest BCUT2D eigenvalue weighted by atomic mass is 10.4. The average Bonchev–Trinajstić information content (AvgIpc) is 2.37. The van der Waals surface area contributed by atoms with E-state index in [1.54, 1.807) is 0 Å². The Morgan fingerprint density at radius 1 is 0.647 bits per heavy atom. The monoisotopic (exact) mass is 277 g/mol. The fourth-order valence-electron chi connectivity index (χ4n) is 2.06. The maximum absolute atomic E-state index is 3.61. The lowest BCUT2D eigenvalue weighted by Gasteiger charge is -2.14. The van der Waals surface area contributed by atoms with E-state index in [2.05, 4.69) is 33.0 Å². The first-order valence-corrected chi connectivity index (χ1v) is 11.2. The second-order valence-electron chi connectivity index (χ2n) is 4.51. The number of rotatable bonds is 12. The predicted octanol–water partition coefficient (Wildman–Crippen LogP) is 4.40. The molecule has 0 unspecified atom stereocenters. The van der Waals surface area contributed by atoms with Crippen LogP contribution in [-0.4, -0.2) is 50.1 Å². The Morgan fingerprint density at radius 3 is 1.29 bits per heavy atom. The van der Waals surface area contributed by atoms with Crippen LogP contribution in [0.1, 0.15) is 40.5 Å². The van der Waals surface area contributed by atoms with E-state index < -0.39 is 0 Å². The van der Waals surface area contributed by atoms with E-state index in [1.165, 1.54) is 62.9 Å². The number of hydrogen-bond acceptors (Lipinski definition) is 1. The van der Waals surface area contributed by atoms with Crippen molar-refractivity contribution in [2.45, 2.75) is 40.5 Å². The van der Waals surface area contributed by atoms with Crippen molar-refractivity contribution < 1.29 is 0 Å². The maximum Gasteiger partial charge on any atom is -0.00456 e. The van der Waals surface area contributed by atoms with Gasteiger partial charge in [-0.25, -0.2) is 0 Å². The highest BCUT2D eigenvalue weighted by Crippen LogP contribution is 2.35. The Kier molecular flexibility index (Phi) is 13.9. The normalized spacial score (nSPS) is 11.6. The van der Waals surface area contributed by atoms with Crippen LogP contribution in [0.25, 0.3) is 0 Å². The third kappa shape index (κ3) is 10.4. The van der Waals surface area contributed by atoms with Crippen molar-refractivity contribution >= 4 is 15.8 Å². The lowest BCUT2D eigenvalue weighted by Crippen LogP contribution is -2.18. The summed E-state index contributed by atoms with van der Waals surface area (Å²) >= 11 is 0. The molecular formula is C14H33NP2. The summed E-state index contributed by atoms with van der Waals surface area (Å²) in [6.45, 7) is 11.9. The highest BCUT2D eigenvalue weighted by atomic mass is 31.1. The second-order valence-corrected chi connectivity index (χ2v) is 10.6. The predicted molar refractivity (Wildman–Crippen MR) is 87.8 cm³/mol. The quantitative estimate of drug-likeness (QED) is 0.412. The summed E-state index contributed by atoms with van der Waals surface area (Å²) < 4.78 is 0. The zero-order chi connectivity index (χ0) is 12.9. The molecular weight excluding hydrogens is 244 g/mol. The minimum absolute atomic E-state index is 0.367. The van der Waals surface area contributed by atoms with Crippen molar-refractivity contribution in [3.05, 3.63) is 0 Å². The van der Waals surface area contributed by atoms with Crippen molar-refractivity contribution in [3.8, 4) is 0 Å². The van der Waals surface area contributed by atoms with E-state index in [9.17, 15) is 0 Å². The van der Waals surface area contributed by atoms with Gasteiger partial charge in [0.1, 0.15) is 0 Å². The van der Waals surface area contributed by atoms with Gasteiger partial charge in [-0.1, -0.05) is 27.7 Å². The molecule has 0 bridgehead atoms. The molecule has 0 heterocycles. The summed E-state index contributed by atoms with van der Waals surface area (Å²) in [5.74, 6) is 0. The van der Waals surface area contributed by atoms with Gasteiger partial charge in [-0.15, -0.1) is 15.8 Å². The SMILES string of the molecule is CCP(CC)CCCNCCCP(CC)CC. The van der Waals surface area contributed by atoms with Crippen molar-refractivity contribution in [2.75, 3.05) is 50.1 Å². The molecule has 3 heteroatoms. The maximum atomic E-state index is 3.61. The van der Waals surface area contributed by atoms with Crippen LogP contribution < -0.4 is 5.32 Å². The van der Waals surface area contributed by atoms with Crippen molar-refractivity contribution in [1.82, 2.24) is 5.32 Å². The van der Waals surface area contributed by atoms with Crippen molar-refractivity contribution in [2.24, 2.45) is 0 Å². The molecule has 104 valence electrons. The van der Waals surface area contributed by atoms with Crippen LogP contribution in [0, 0.1) is 0 Å². The van der Waals surface area contributed by atoms with Gasteiger partial charge in [-0.2, -0.15) is 0 Å². The van der Waals surface area contributed by atoms with E-state index in [0.29, 0.717) is 15.8 Å². The molecule has 0 aliphatic heterocycles. The van der Waals surface area contributed by atoms with Gasteiger partial charge in [-0.05, 0) is 62.9 Å². The Hall–Kier alpha value is 0.820. The standard InChI is InChI=1S/C14H33NP2/c1-5-16(6-2)13-9-11-15-12-10-14-17(7-3)8-4/h15H,5-14H2,1-4H3. The van der Waals surface area contributed by atoms with Crippen LogP contribution >= 0.6 is 15.8 Å². The van der Waals surface area contributed by atoms with E-state index in [4.69, 9.17) is 0 Å². The molecule has 1 N–H and O–H groups in total. The zero-order valence-electron chi connectivity index (χ0n) is 12.5. The summed E-state index contributed by atoms with van der Waals surface area (Å²) in [7, 11) is 0.734. The minimum Gasteiger partial charge on any atom is -0.317 e. The summed E-state index contributed by atoms with van der Waals surface area (Å²) in [5.41, 5.74) is 0. The fraction of sp³-hybridized carbons (Fsp3) is 1.00. The van der Waals surface area contributed by atoms with Gasteiger partial charge in [0.05, 0.1) is 0 Å². The largest absolute Gasteiger partial charge is 0.317 e. The molecule has 0 aliphatic carbocycles. The summed E-state index contributed by atoms with van der Waals surface area (Å²) in [6, 6.07) is 0. The molecule has 0 atom stereocenters. The number of nitrogens with one attached hydrogen (secondary N) is 1. The van der Waals surface area contributed by atoms with Gasteiger partial charge in [0.25, 0.3) is 0 Å². The zero-order valence-corrected chi connectivity index (χ0v) is 14.3. The summed E-state index contributed by atoms with van der Waals surface area (Å²) in [6.07, 6.45) is 11.4. The molecule has 0 spiro atoms. The molecule has 0 aromatic heterocycles. The Labute approximate surface area is 112 Å². The molecule has 0 aliphatic rings. The smallest absolute Gasteiger partial charge is 0.00456 e. The average molecular weight is 277 g/mol. The summed E-state index contributed by atoms with van der Waals surface area (Å²) in [4.78, 5) is 0. The van der Waals surface area contributed by atoms with Gasteiger partial charge in [0, 0.05) is 0 Å². The van der Waals surface area contributed by atoms with E-state index in [1.807, 2.05) is 0 Å². The van der Waals surface area contributed by atoms with Crippen LogP contribution in [0.15, 0.2) is 0 Å². The molecule has 0 amide bonds. The van der Waals surface area contributed by atoms with Crippen LogP contribution in [0.4, 0.5) is 0 Å². The summed E-state index contributed by atoms with van der Waals surface area (Å²) in [5, 5.41) is 3.61. The molecule has 0 radical (unpaired) electrons. The van der Waals surface area contributed by atoms with Crippen LogP contribution in [0.5, 0.6) is 0 Å². The number of hydrogen-bond donors (Lipinski definition) is 1. The molecule has 0 rings (SSSR count). The topological polar surface area (TPSA) is 12.0 Å². The molecule has 0 saturated carbocycles.